The quantitative estimate of drug-likeness (QED) is 0.356. The van der Waals surface area contributed by atoms with E-state index in [0.29, 0.717) is 10.9 Å². The molecular weight excluding hydrogens is 446 g/mol. The van der Waals surface area contributed by atoms with E-state index in [1.807, 2.05) is 30.3 Å². The van der Waals surface area contributed by atoms with Gasteiger partial charge in [-0.1, -0.05) is 24.3 Å². The molecule has 34 heavy (non-hydrogen) atoms. The van der Waals surface area contributed by atoms with Crippen LogP contribution in [0.15, 0.2) is 83.4 Å². The largest absolute Gasteiger partial charge is 0.478 e. The first-order chi connectivity index (χ1) is 16.4. The van der Waals surface area contributed by atoms with Gasteiger partial charge in [-0.3, -0.25) is 4.98 Å². The van der Waals surface area contributed by atoms with Crippen LogP contribution in [0.3, 0.4) is 0 Å². The molecule has 0 bridgehead atoms. The number of aryl methyl sites for hydroxylation is 2. The number of carboxylic acid groups (broad SMARTS) is 1. The van der Waals surface area contributed by atoms with Crippen LogP contribution in [-0.4, -0.2) is 21.2 Å². The molecule has 0 amide bonds. The Kier molecular flexibility index (Phi) is 5.63. The molecule has 0 spiro atoms. The number of rotatable bonds is 5. The van der Waals surface area contributed by atoms with Crippen LogP contribution in [-0.2, 0) is 0 Å². The lowest BCUT2D eigenvalue weighted by atomic mass is 10.0. The van der Waals surface area contributed by atoms with E-state index in [-0.39, 0.29) is 17.6 Å². The molecule has 0 unspecified atom stereocenters. The molecule has 2 atom stereocenters. The summed E-state index contributed by atoms with van der Waals surface area (Å²) < 4.78 is 6.34. The van der Waals surface area contributed by atoms with Gasteiger partial charge in [-0.2, -0.15) is 0 Å². The van der Waals surface area contributed by atoms with Gasteiger partial charge in [-0.15, -0.1) is 0 Å². The molecule has 3 heterocycles. The number of aromatic nitrogens is 1. The van der Waals surface area contributed by atoms with Crippen molar-refractivity contribution in [2.45, 2.75) is 25.9 Å². The van der Waals surface area contributed by atoms with Gasteiger partial charge < -0.3 is 19.7 Å². The Morgan fingerprint density at radius 3 is 2.50 bits per heavy atom. The summed E-state index contributed by atoms with van der Waals surface area (Å²) in [6.45, 7) is 4.17. The van der Waals surface area contributed by atoms with Crippen LogP contribution in [0.1, 0.15) is 45.0 Å². The van der Waals surface area contributed by atoms with Gasteiger partial charge in [0.05, 0.1) is 17.3 Å². The molecule has 0 aliphatic carbocycles. The van der Waals surface area contributed by atoms with Crippen molar-refractivity contribution in [3.8, 4) is 11.3 Å². The van der Waals surface area contributed by atoms with Crippen LogP contribution in [0.2, 0.25) is 0 Å². The molecule has 6 nitrogen and oxygen atoms in total. The number of anilines is 1. The Balaban J connectivity index is 1.57. The summed E-state index contributed by atoms with van der Waals surface area (Å²) in [5.74, 6) is 0.433. The van der Waals surface area contributed by atoms with Crippen LogP contribution < -0.4 is 10.2 Å². The minimum Gasteiger partial charge on any atom is -0.478 e. The number of thiocarbonyl (C=S) groups is 1. The van der Waals surface area contributed by atoms with Gasteiger partial charge in [0.1, 0.15) is 17.6 Å². The molecule has 2 N–H and O–H groups in total. The summed E-state index contributed by atoms with van der Waals surface area (Å²) in [6, 6.07) is 22.2. The summed E-state index contributed by atoms with van der Waals surface area (Å²) in [6.07, 6.45) is 1.77. The molecular formula is C27H23N3O3S. The maximum atomic E-state index is 11.2. The Morgan fingerprint density at radius 1 is 1.03 bits per heavy atom. The molecule has 5 rings (SSSR count). The maximum absolute atomic E-state index is 11.2. The fraction of sp³-hybridized carbons (Fsp3) is 0.148. The summed E-state index contributed by atoms with van der Waals surface area (Å²) in [4.78, 5) is 17.8. The second-order valence-electron chi connectivity index (χ2n) is 8.35. The molecule has 2 aromatic heterocycles. The van der Waals surface area contributed by atoms with Crippen LogP contribution >= 0.6 is 12.2 Å². The lowest BCUT2D eigenvalue weighted by molar-refractivity contribution is 0.0697. The van der Waals surface area contributed by atoms with Crippen molar-refractivity contribution in [3.05, 3.63) is 107 Å². The second-order valence-corrected chi connectivity index (χ2v) is 8.74. The van der Waals surface area contributed by atoms with E-state index >= 15 is 0 Å². The molecule has 2 aromatic carbocycles. The van der Waals surface area contributed by atoms with Gasteiger partial charge >= 0.3 is 5.97 Å². The van der Waals surface area contributed by atoms with Gasteiger partial charge in [0, 0.05) is 17.4 Å². The molecule has 170 valence electrons. The number of furan rings is 1. The molecule has 1 fully saturated rings. The lowest BCUT2D eigenvalue weighted by Crippen LogP contribution is -2.29. The minimum absolute atomic E-state index is 0.205. The fourth-order valence-corrected chi connectivity index (χ4v) is 4.59. The van der Waals surface area contributed by atoms with Gasteiger partial charge in [0.2, 0.25) is 0 Å². The second kappa shape index (κ2) is 8.76. The average Bonchev–Trinajstić information content (AvgIpc) is 3.46. The number of nitrogens with zero attached hydrogens (tertiary/aromatic N) is 2. The van der Waals surface area contributed by atoms with Gasteiger partial charge in [0.25, 0.3) is 0 Å². The van der Waals surface area contributed by atoms with Crippen molar-refractivity contribution in [1.82, 2.24) is 10.3 Å². The van der Waals surface area contributed by atoms with E-state index < -0.39 is 5.97 Å². The molecule has 1 aliphatic rings. The zero-order valence-corrected chi connectivity index (χ0v) is 19.5. The highest BCUT2D eigenvalue weighted by atomic mass is 32.1. The van der Waals surface area contributed by atoms with Crippen LogP contribution in [0, 0.1) is 13.8 Å². The van der Waals surface area contributed by atoms with Gasteiger partial charge in [-0.25, -0.2) is 4.79 Å². The third kappa shape index (κ3) is 3.95. The Hall–Kier alpha value is -3.97. The number of benzene rings is 2. The SMILES string of the molecule is Cc1ccc(N2C(=S)N[C@H](c3ccccn3)[C@@H]2c2ccc(-c3ccc(C(=O)O)cc3)o2)cc1C. The van der Waals surface area contributed by atoms with Crippen LogP contribution in [0.25, 0.3) is 11.3 Å². The van der Waals surface area contributed by atoms with Crippen molar-refractivity contribution in [2.75, 3.05) is 4.90 Å². The summed E-state index contributed by atoms with van der Waals surface area (Å²) >= 11 is 5.78. The Morgan fingerprint density at radius 2 is 1.82 bits per heavy atom. The number of hydrogen-bond donors (Lipinski definition) is 2. The summed E-state index contributed by atoms with van der Waals surface area (Å²) in [7, 11) is 0. The van der Waals surface area contributed by atoms with Crippen LogP contribution in [0.4, 0.5) is 5.69 Å². The normalized spacial score (nSPS) is 17.6. The van der Waals surface area contributed by atoms with Crippen molar-refractivity contribution in [3.63, 3.8) is 0 Å². The number of hydrogen-bond acceptors (Lipinski definition) is 4. The van der Waals surface area contributed by atoms with E-state index in [4.69, 9.17) is 16.6 Å². The number of carboxylic acids is 1. The highest BCUT2D eigenvalue weighted by molar-refractivity contribution is 7.80. The average molecular weight is 470 g/mol. The van der Waals surface area contributed by atoms with Crippen molar-refractivity contribution in [2.24, 2.45) is 0 Å². The Labute approximate surface area is 202 Å². The van der Waals surface area contributed by atoms with Crippen LogP contribution in [0.5, 0.6) is 0 Å². The topological polar surface area (TPSA) is 78.6 Å². The van der Waals surface area contributed by atoms with Crippen molar-refractivity contribution in [1.29, 1.82) is 0 Å². The van der Waals surface area contributed by atoms with E-state index in [1.54, 1.807) is 30.5 Å². The molecule has 1 aliphatic heterocycles. The monoisotopic (exact) mass is 469 g/mol. The third-order valence-electron chi connectivity index (χ3n) is 6.20. The number of pyridine rings is 1. The van der Waals surface area contributed by atoms with E-state index in [0.717, 1.165) is 22.7 Å². The highest BCUT2D eigenvalue weighted by Gasteiger charge is 2.42. The first-order valence-electron chi connectivity index (χ1n) is 10.9. The molecule has 0 radical (unpaired) electrons. The predicted molar refractivity (Wildman–Crippen MR) is 135 cm³/mol. The number of aromatic carboxylic acids is 1. The Bertz CT molecular complexity index is 1370. The lowest BCUT2D eigenvalue weighted by Gasteiger charge is -2.26. The molecule has 7 heteroatoms. The van der Waals surface area contributed by atoms with Gasteiger partial charge in [-0.05, 0) is 85.7 Å². The fourth-order valence-electron chi connectivity index (χ4n) is 4.24. The van der Waals surface area contributed by atoms with E-state index in [1.165, 1.54) is 11.1 Å². The van der Waals surface area contributed by atoms with E-state index in [9.17, 15) is 9.90 Å². The van der Waals surface area contributed by atoms with E-state index in [2.05, 4.69) is 47.2 Å². The minimum atomic E-state index is -0.959. The number of nitrogens with one attached hydrogen (secondary N) is 1. The van der Waals surface area contributed by atoms with Crippen molar-refractivity contribution < 1.29 is 14.3 Å². The zero-order chi connectivity index (χ0) is 23.8. The first-order valence-corrected chi connectivity index (χ1v) is 11.3. The highest BCUT2D eigenvalue weighted by Crippen LogP contribution is 2.43. The maximum Gasteiger partial charge on any atom is 0.335 e. The standard InChI is InChI=1S/C27H23N3O3S/c1-16-6-11-20(15-17(16)2)30-25(24(29-27(30)34)21-5-3-4-14-28-21)23-13-12-22(33-23)18-7-9-19(10-8-18)26(31)32/h3-15,24-25H,1-2H3,(H,29,34)(H,31,32)/t24-,25+/m1/s1. The summed E-state index contributed by atoms with van der Waals surface area (Å²) in [5, 5.41) is 13.2. The van der Waals surface area contributed by atoms with Crippen molar-refractivity contribution >= 4 is 29.0 Å². The molecule has 4 aromatic rings. The zero-order valence-electron chi connectivity index (χ0n) is 18.7. The number of carbonyl (C=O) groups is 1. The first kappa shape index (κ1) is 21.9. The van der Waals surface area contributed by atoms with Gasteiger partial charge in [0.15, 0.2) is 5.11 Å². The smallest absolute Gasteiger partial charge is 0.335 e. The third-order valence-corrected chi connectivity index (χ3v) is 6.52. The summed E-state index contributed by atoms with van der Waals surface area (Å²) in [5.41, 5.74) is 5.27. The molecule has 1 saturated heterocycles. The molecule has 0 saturated carbocycles. The predicted octanol–water partition coefficient (Wildman–Crippen LogP) is 5.83.